The van der Waals surface area contributed by atoms with Crippen molar-refractivity contribution >= 4 is 10.9 Å². The van der Waals surface area contributed by atoms with Crippen molar-refractivity contribution in [3.8, 4) is 0 Å². The Bertz CT molecular complexity index is 615. The zero-order chi connectivity index (χ0) is 13.1. The summed E-state index contributed by atoms with van der Waals surface area (Å²) in [5.74, 6) is 0. The summed E-state index contributed by atoms with van der Waals surface area (Å²) in [5, 5.41) is 4.47. The molecular weight excluding hydrogens is 240 g/mol. The van der Waals surface area contributed by atoms with Crippen molar-refractivity contribution in [3.63, 3.8) is 0 Å². The highest BCUT2D eigenvalue weighted by molar-refractivity contribution is 5.78. The van der Waals surface area contributed by atoms with Crippen LogP contribution in [0.2, 0.25) is 0 Å². The molecule has 4 nitrogen and oxygen atoms in total. The van der Waals surface area contributed by atoms with Crippen LogP contribution in [0, 0.1) is 0 Å². The second-order valence-electron chi connectivity index (χ2n) is 5.01. The van der Waals surface area contributed by atoms with E-state index in [4.69, 9.17) is 4.74 Å². The van der Waals surface area contributed by atoms with Crippen LogP contribution in [-0.2, 0) is 11.3 Å². The summed E-state index contributed by atoms with van der Waals surface area (Å²) >= 11 is 0. The maximum atomic E-state index is 12.0. The second kappa shape index (κ2) is 5.55. The van der Waals surface area contributed by atoms with Crippen LogP contribution in [0.1, 0.15) is 18.4 Å². The Morgan fingerprint density at radius 2 is 2.26 bits per heavy atom. The fraction of sp³-hybridized carbons (Fsp3) is 0.400. The van der Waals surface area contributed by atoms with E-state index in [0.29, 0.717) is 12.6 Å². The molecule has 1 atom stereocenters. The van der Waals surface area contributed by atoms with Gasteiger partial charge in [-0.15, -0.1) is 0 Å². The smallest absolute Gasteiger partial charge is 0.252 e. The third-order valence-electron chi connectivity index (χ3n) is 3.57. The molecule has 1 saturated heterocycles. The second-order valence-corrected chi connectivity index (χ2v) is 5.01. The van der Waals surface area contributed by atoms with Crippen molar-refractivity contribution in [2.24, 2.45) is 0 Å². The molecule has 2 N–H and O–H groups in total. The molecular formula is C15H18N2O2. The summed E-state index contributed by atoms with van der Waals surface area (Å²) < 4.78 is 5.42. The number of hydrogen-bond acceptors (Lipinski definition) is 3. The van der Waals surface area contributed by atoms with Gasteiger partial charge in [-0.2, -0.15) is 0 Å². The lowest BCUT2D eigenvalue weighted by atomic mass is 10.1. The van der Waals surface area contributed by atoms with E-state index < -0.39 is 0 Å². The van der Waals surface area contributed by atoms with Crippen LogP contribution in [0.15, 0.2) is 35.1 Å². The van der Waals surface area contributed by atoms with Gasteiger partial charge in [0, 0.05) is 30.3 Å². The van der Waals surface area contributed by atoms with Crippen molar-refractivity contribution in [1.82, 2.24) is 10.3 Å². The minimum absolute atomic E-state index is 0.0112. The predicted octanol–water partition coefficient (Wildman–Crippen LogP) is 1.80. The minimum atomic E-state index is -0.0112. The Hall–Kier alpha value is -1.65. The van der Waals surface area contributed by atoms with Crippen LogP contribution in [-0.4, -0.2) is 24.2 Å². The third kappa shape index (κ3) is 2.85. The Balaban J connectivity index is 1.76. The molecule has 0 spiro atoms. The molecule has 2 heterocycles. The van der Waals surface area contributed by atoms with E-state index in [1.807, 2.05) is 30.3 Å². The number of fused-ring (bicyclic) bond motifs is 1. The molecule has 0 bridgehead atoms. The van der Waals surface area contributed by atoms with Crippen LogP contribution in [0.5, 0.6) is 0 Å². The molecule has 0 amide bonds. The lowest BCUT2D eigenvalue weighted by Gasteiger charge is -2.23. The van der Waals surface area contributed by atoms with E-state index in [1.165, 1.54) is 0 Å². The number of para-hydroxylation sites is 1. The number of pyridine rings is 1. The third-order valence-corrected chi connectivity index (χ3v) is 3.57. The maximum absolute atomic E-state index is 12.0. The topological polar surface area (TPSA) is 54.1 Å². The van der Waals surface area contributed by atoms with Gasteiger partial charge in [0.05, 0.1) is 6.61 Å². The zero-order valence-corrected chi connectivity index (χ0v) is 10.8. The van der Waals surface area contributed by atoms with E-state index in [2.05, 4.69) is 10.3 Å². The van der Waals surface area contributed by atoms with E-state index >= 15 is 0 Å². The molecule has 100 valence electrons. The first-order valence-electron chi connectivity index (χ1n) is 6.75. The summed E-state index contributed by atoms with van der Waals surface area (Å²) in [4.78, 5) is 14.9. The molecule has 1 aliphatic heterocycles. The summed E-state index contributed by atoms with van der Waals surface area (Å²) in [6.45, 7) is 2.19. The number of aromatic amines is 1. The van der Waals surface area contributed by atoms with E-state index in [-0.39, 0.29) is 5.56 Å². The highest BCUT2D eigenvalue weighted by Gasteiger charge is 2.13. The molecule has 0 radical (unpaired) electrons. The molecule has 3 rings (SSSR count). The molecule has 1 aromatic carbocycles. The zero-order valence-electron chi connectivity index (χ0n) is 10.8. The minimum Gasteiger partial charge on any atom is -0.380 e. The van der Waals surface area contributed by atoms with Crippen LogP contribution in [0.25, 0.3) is 10.9 Å². The maximum Gasteiger partial charge on any atom is 0.252 e. The first-order valence-corrected chi connectivity index (χ1v) is 6.75. The van der Waals surface area contributed by atoms with Gasteiger partial charge in [0.25, 0.3) is 5.56 Å². The SMILES string of the molecule is O=c1[nH]c2ccccc2cc1CNC1CCCOC1. The summed E-state index contributed by atoms with van der Waals surface area (Å²) in [6.07, 6.45) is 2.21. The molecule has 1 unspecified atom stereocenters. The molecule has 2 aromatic rings. The summed E-state index contributed by atoms with van der Waals surface area (Å²) in [7, 11) is 0. The molecule has 0 saturated carbocycles. The van der Waals surface area contributed by atoms with E-state index in [9.17, 15) is 4.79 Å². The van der Waals surface area contributed by atoms with Gasteiger partial charge in [-0.1, -0.05) is 18.2 Å². The largest absolute Gasteiger partial charge is 0.380 e. The van der Waals surface area contributed by atoms with Crippen LogP contribution in [0.4, 0.5) is 0 Å². The molecule has 4 heteroatoms. The average molecular weight is 258 g/mol. The van der Waals surface area contributed by atoms with Gasteiger partial charge in [-0.25, -0.2) is 0 Å². The van der Waals surface area contributed by atoms with Gasteiger partial charge in [-0.3, -0.25) is 4.79 Å². The van der Waals surface area contributed by atoms with Gasteiger partial charge < -0.3 is 15.0 Å². The van der Waals surface area contributed by atoms with Crippen molar-refractivity contribution in [3.05, 3.63) is 46.2 Å². The monoisotopic (exact) mass is 258 g/mol. The van der Waals surface area contributed by atoms with Crippen LogP contribution < -0.4 is 10.9 Å². The van der Waals surface area contributed by atoms with Gasteiger partial charge in [0.2, 0.25) is 0 Å². The molecule has 19 heavy (non-hydrogen) atoms. The fourth-order valence-corrected chi connectivity index (χ4v) is 2.48. The number of aromatic nitrogens is 1. The lowest BCUT2D eigenvalue weighted by Crippen LogP contribution is -2.37. The van der Waals surface area contributed by atoms with Crippen molar-refractivity contribution < 1.29 is 4.74 Å². The number of ether oxygens (including phenoxy) is 1. The quantitative estimate of drug-likeness (QED) is 0.882. The number of hydrogen-bond donors (Lipinski definition) is 2. The number of H-pyrrole nitrogens is 1. The average Bonchev–Trinajstić information content (AvgIpc) is 2.46. The Morgan fingerprint density at radius 1 is 1.37 bits per heavy atom. The number of rotatable bonds is 3. The van der Waals surface area contributed by atoms with E-state index in [0.717, 1.165) is 42.5 Å². The van der Waals surface area contributed by atoms with Gasteiger partial charge in [0.1, 0.15) is 0 Å². The highest BCUT2D eigenvalue weighted by Crippen LogP contribution is 2.11. The van der Waals surface area contributed by atoms with Gasteiger partial charge in [-0.05, 0) is 30.4 Å². The lowest BCUT2D eigenvalue weighted by molar-refractivity contribution is 0.0699. The Kier molecular flexibility index (Phi) is 3.62. The summed E-state index contributed by atoms with van der Waals surface area (Å²) in [5.41, 5.74) is 1.66. The van der Waals surface area contributed by atoms with Gasteiger partial charge >= 0.3 is 0 Å². The van der Waals surface area contributed by atoms with Crippen molar-refractivity contribution in [1.29, 1.82) is 0 Å². The first kappa shape index (κ1) is 12.4. The van der Waals surface area contributed by atoms with Crippen LogP contribution >= 0.6 is 0 Å². The Labute approximate surface area is 111 Å². The molecule has 1 aromatic heterocycles. The molecule has 1 aliphatic rings. The van der Waals surface area contributed by atoms with Crippen molar-refractivity contribution in [2.75, 3.05) is 13.2 Å². The number of benzene rings is 1. The molecule has 1 fully saturated rings. The standard InChI is InChI=1S/C15H18N2O2/c18-15-12(9-16-13-5-3-7-19-10-13)8-11-4-1-2-6-14(11)17-15/h1-2,4,6,8,13,16H,3,5,7,9-10H2,(H,17,18). The molecule has 0 aliphatic carbocycles. The highest BCUT2D eigenvalue weighted by atomic mass is 16.5. The van der Waals surface area contributed by atoms with Crippen LogP contribution in [0.3, 0.4) is 0 Å². The Morgan fingerprint density at radius 3 is 3.11 bits per heavy atom. The predicted molar refractivity (Wildman–Crippen MR) is 75.2 cm³/mol. The fourth-order valence-electron chi connectivity index (χ4n) is 2.48. The van der Waals surface area contributed by atoms with Crippen molar-refractivity contribution in [2.45, 2.75) is 25.4 Å². The summed E-state index contributed by atoms with van der Waals surface area (Å²) in [6, 6.07) is 10.2. The normalized spacial score (nSPS) is 19.7. The van der Waals surface area contributed by atoms with E-state index in [1.54, 1.807) is 0 Å². The first-order chi connectivity index (χ1) is 9.33. The number of nitrogens with one attached hydrogen (secondary N) is 2. The van der Waals surface area contributed by atoms with Gasteiger partial charge in [0.15, 0.2) is 0 Å².